The zero-order valence-corrected chi connectivity index (χ0v) is 10.6. The molecule has 0 bridgehead atoms. The van der Waals surface area contributed by atoms with Gasteiger partial charge in [-0.3, -0.25) is 4.79 Å². The summed E-state index contributed by atoms with van der Waals surface area (Å²) in [7, 11) is 4.12. The standard InChI is InChI=1S/C12H22N2O3/c1-13-4-3-9(12(15)16)10(7-13)11-8-14(2)5-6-17-11/h9-11H,3-8H2,1-2H3,(H,15,16). The third-order valence-corrected chi connectivity index (χ3v) is 3.95. The molecule has 0 aromatic heterocycles. The van der Waals surface area contributed by atoms with Crippen LogP contribution in [0.2, 0.25) is 0 Å². The van der Waals surface area contributed by atoms with Crippen molar-refractivity contribution in [3.63, 3.8) is 0 Å². The number of likely N-dealkylation sites (tertiary alicyclic amines) is 1. The zero-order chi connectivity index (χ0) is 12.4. The lowest BCUT2D eigenvalue weighted by Gasteiger charge is -2.42. The zero-order valence-electron chi connectivity index (χ0n) is 10.6. The molecule has 2 saturated heterocycles. The average Bonchev–Trinajstić information content (AvgIpc) is 2.28. The van der Waals surface area contributed by atoms with Crippen molar-refractivity contribution in [2.45, 2.75) is 12.5 Å². The van der Waals surface area contributed by atoms with E-state index in [2.05, 4.69) is 23.9 Å². The number of rotatable bonds is 2. The van der Waals surface area contributed by atoms with Crippen molar-refractivity contribution in [2.24, 2.45) is 11.8 Å². The van der Waals surface area contributed by atoms with Gasteiger partial charge in [-0.15, -0.1) is 0 Å². The van der Waals surface area contributed by atoms with Crippen LogP contribution in [0.15, 0.2) is 0 Å². The van der Waals surface area contributed by atoms with Gasteiger partial charge in [-0.2, -0.15) is 0 Å². The highest BCUT2D eigenvalue weighted by molar-refractivity contribution is 5.70. The van der Waals surface area contributed by atoms with Crippen LogP contribution in [0, 0.1) is 11.8 Å². The van der Waals surface area contributed by atoms with E-state index in [-0.39, 0.29) is 17.9 Å². The molecule has 3 atom stereocenters. The van der Waals surface area contributed by atoms with Crippen molar-refractivity contribution in [2.75, 3.05) is 46.9 Å². The van der Waals surface area contributed by atoms with E-state index in [9.17, 15) is 9.90 Å². The van der Waals surface area contributed by atoms with E-state index in [0.717, 1.165) is 32.6 Å². The van der Waals surface area contributed by atoms with Crippen LogP contribution in [0.3, 0.4) is 0 Å². The summed E-state index contributed by atoms with van der Waals surface area (Å²) in [5.41, 5.74) is 0. The molecule has 5 nitrogen and oxygen atoms in total. The number of hydrogen-bond donors (Lipinski definition) is 1. The molecule has 2 aliphatic heterocycles. The fourth-order valence-electron chi connectivity index (χ4n) is 2.91. The summed E-state index contributed by atoms with van der Waals surface area (Å²) in [6.45, 7) is 4.21. The van der Waals surface area contributed by atoms with E-state index in [0.29, 0.717) is 6.61 Å². The van der Waals surface area contributed by atoms with Gasteiger partial charge in [-0.25, -0.2) is 0 Å². The fourth-order valence-corrected chi connectivity index (χ4v) is 2.91. The number of ether oxygens (including phenoxy) is 1. The smallest absolute Gasteiger partial charge is 0.306 e. The Bertz CT molecular complexity index is 285. The van der Waals surface area contributed by atoms with E-state index in [1.54, 1.807) is 0 Å². The Kier molecular flexibility index (Phi) is 4.01. The number of aliphatic carboxylic acids is 1. The fraction of sp³-hybridized carbons (Fsp3) is 0.917. The van der Waals surface area contributed by atoms with Crippen molar-refractivity contribution in [3.8, 4) is 0 Å². The molecule has 2 heterocycles. The summed E-state index contributed by atoms with van der Waals surface area (Å²) in [6.07, 6.45) is 0.803. The van der Waals surface area contributed by atoms with Crippen LogP contribution in [-0.2, 0) is 9.53 Å². The Morgan fingerprint density at radius 3 is 2.59 bits per heavy atom. The maximum absolute atomic E-state index is 11.3. The Morgan fingerprint density at radius 2 is 1.94 bits per heavy atom. The summed E-state index contributed by atoms with van der Waals surface area (Å²) in [4.78, 5) is 15.7. The first-order valence-electron chi connectivity index (χ1n) is 6.29. The number of hydrogen-bond acceptors (Lipinski definition) is 4. The molecule has 0 aromatic rings. The molecule has 0 aliphatic carbocycles. The lowest BCUT2D eigenvalue weighted by Crippen LogP contribution is -2.52. The molecule has 0 spiro atoms. The van der Waals surface area contributed by atoms with Gasteiger partial charge < -0.3 is 19.6 Å². The van der Waals surface area contributed by atoms with E-state index < -0.39 is 5.97 Å². The van der Waals surface area contributed by atoms with Crippen LogP contribution in [0.25, 0.3) is 0 Å². The SMILES string of the molecule is CN1CCOC(C2CN(C)CCC2C(=O)O)C1. The summed E-state index contributed by atoms with van der Waals surface area (Å²) in [5, 5.41) is 9.30. The molecule has 0 radical (unpaired) electrons. The number of carboxylic acid groups (broad SMARTS) is 1. The Balaban J connectivity index is 2.05. The lowest BCUT2D eigenvalue weighted by atomic mass is 9.81. The van der Waals surface area contributed by atoms with Gasteiger partial charge in [0.2, 0.25) is 0 Å². The summed E-state index contributed by atoms with van der Waals surface area (Å²) < 4.78 is 5.78. The van der Waals surface area contributed by atoms with Crippen LogP contribution in [0.4, 0.5) is 0 Å². The minimum Gasteiger partial charge on any atom is -0.481 e. The number of morpholine rings is 1. The highest BCUT2D eigenvalue weighted by Crippen LogP contribution is 2.29. The second-order valence-corrected chi connectivity index (χ2v) is 5.33. The van der Waals surface area contributed by atoms with Crippen LogP contribution in [-0.4, -0.2) is 73.9 Å². The molecular formula is C12H22N2O3. The Hall–Kier alpha value is -0.650. The molecule has 0 aromatic carbocycles. The van der Waals surface area contributed by atoms with Crippen LogP contribution < -0.4 is 0 Å². The highest BCUT2D eigenvalue weighted by Gasteiger charge is 2.39. The molecule has 98 valence electrons. The molecule has 0 amide bonds. The van der Waals surface area contributed by atoms with Crippen molar-refractivity contribution in [1.29, 1.82) is 0 Å². The van der Waals surface area contributed by atoms with E-state index in [4.69, 9.17) is 4.74 Å². The average molecular weight is 242 g/mol. The van der Waals surface area contributed by atoms with Gasteiger partial charge in [0.15, 0.2) is 0 Å². The van der Waals surface area contributed by atoms with Gasteiger partial charge in [-0.1, -0.05) is 0 Å². The number of piperidine rings is 1. The van der Waals surface area contributed by atoms with Crippen molar-refractivity contribution in [1.82, 2.24) is 9.80 Å². The first-order chi connectivity index (χ1) is 8.08. The number of nitrogens with zero attached hydrogens (tertiary/aromatic N) is 2. The molecule has 3 unspecified atom stereocenters. The van der Waals surface area contributed by atoms with E-state index in [1.807, 2.05) is 0 Å². The topological polar surface area (TPSA) is 53.0 Å². The van der Waals surface area contributed by atoms with Crippen LogP contribution in [0.1, 0.15) is 6.42 Å². The minimum atomic E-state index is -0.667. The number of likely N-dealkylation sites (N-methyl/N-ethyl adjacent to an activating group) is 1. The first-order valence-corrected chi connectivity index (χ1v) is 6.29. The molecule has 0 saturated carbocycles. The molecule has 17 heavy (non-hydrogen) atoms. The van der Waals surface area contributed by atoms with Crippen molar-refractivity contribution >= 4 is 5.97 Å². The van der Waals surface area contributed by atoms with Crippen molar-refractivity contribution < 1.29 is 14.6 Å². The first kappa shape index (κ1) is 12.8. The van der Waals surface area contributed by atoms with Gasteiger partial charge in [0.25, 0.3) is 0 Å². The van der Waals surface area contributed by atoms with Gasteiger partial charge in [0.1, 0.15) is 0 Å². The summed E-state index contributed by atoms with van der Waals surface area (Å²) >= 11 is 0. The molecule has 1 N–H and O–H groups in total. The number of carbonyl (C=O) groups is 1. The van der Waals surface area contributed by atoms with E-state index >= 15 is 0 Å². The highest BCUT2D eigenvalue weighted by atomic mass is 16.5. The minimum absolute atomic E-state index is 0.0672. The monoisotopic (exact) mass is 242 g/mol. The largest absolute Gasteiger partial charge is 0.481 e. The quantitative estimate of drug-likeness (QED) is 0.737. The second-order valence-electron chi connectivity index (χ2n) is 5.33. The van der Waals surface area contributed by atoms with Gasteiger partial charge in [-0.05, 0) is 27.1 Å². The molecule has 2 aliphatic rings. The molecule has 2 rings (SSSR count). The lowest BCUT2D eigenvalue weighted by molar-refractivity contribution is -0.152. The predicted molar refractivity (Wildman–Crippen MR) is 64.0 cm³/mol. The Morgan fingerprint density at radius 1 is 1.24 bits per heavy atom. The molecule has 2 fully saturated rings. The maximum atomic E-state index is 11.3. The van der Waals surface area contributed by atoms with Crippen LogP contribution in [0.5, 0.6) is 0 Å². The third-order valence-electron chi connectivity index (χ3n) is 3.95. The number of carboxylic acids is 1. The predicted octanol–water partition coefficient (Wildman–Crippen LogP) is -0.0305. The molecule has 5 heteroatoms. The van der Waals surface area contributed by atoms with Gasteiger partial charge in [0, 0.05) is 25.6 Å². The maximum Gasteiger partial charge on any atom is 0.306 e. The van der Waals surface area contributed by atoms with E-state index in [1.165, 1.54) is 0 Å². The van der Waals surface area contributed by atoms with Crippen molar-refractivity contribution in [3.05, 3.63) is 0 Å². The van der Waals surface area contributed by atoms with Gasteiger partial charge in [0.05, 0.1) is 18.6 Å². The summed E-state index contributed by atoms with van der Waals surface area (Å²) in [5.74, 6) is -0.795. The van der Waals surface area contributed by atoms with Crippen LogP contribution >= 0.6 is 0 Å². The third kappa shape index (κ3) is 2.97. The second kappa shape index (κ2) is 5.33. The molecular weight excluding hydrogens is 220 g/mol. The summed E-state index contributed by atoms with van der Waals surface area (Å²) in [6, 6.07) is 0. The van der Waals surface area contributed by atoms with Gasteiger partial charge >= 0.3 is 5.97 Å². The normalized spacial score (nSPS) is 36.9. The Labute approximate surface area is 102 Å².